The van der Waals surface area contributed by atoms with Gasteiger partial charge in [-0.3, -0.25) is 9.58 Å². The number of aromatic nitrogens is 2. The minimum Gasteiger partial charge on any atom is -0.314 e. The molecule has 0 amide bonds. The molecule has 4 nitrogen and oxygen atoms in total. The molecule has 2 atom stereocenters. The van der Waals surface area contributed by atoms with E-state index in [1.165, 1.54) is 5.56 Å². The summed E-state index contributed by atoms with van der Waals surface area (Å²) in [5, 5.41) is 7.72. The highest BCUT2D eigenvalue weighted by molar-refractivity contribution is 5.03. The maximum atomic E-state index is 4.21. The van der Waals surface area contributed by atoms with Crippen molar-refractivity contribution >= 4 is 0 Å². The Labute approximate surface area is 111 Å². The molecule has 104 valence electrons. The predicted molar refractivity (Wildman–Crippen MR) is 76.4 cm³/mol. The monoisotopic (exact) mass is 252 g/mol. The third-order valence-corrected chi connectivity index (χ3v) is 3.56. The SMILES string of the molecule is CC(C)NCC(C)C(C)N(C)Cc1cnn(C)c1. The zero-order chi connectivity index (χ0) is 13.7. The standard InChI is InChI=1S/C14H28N4/c1-11(2)15-7-12(3)13(4)17(5)9-14-8-16-18(6)10-14/h8,10-13,15H,7,9H2,1-6H3. The van der Waals surface area contributed by atoms with Gasteiger partial charge in [0.05, 0.1) is 6.20 Å². The summed E-state index contributed by atoms with van der Waals surface area (Å²) in [6.07, 6.45) is 4.03. The Balaban J connectivity index is 2.42. The van der Waals surface area contributed by atoms with Gasteiger partial charge in [0.15, 0.2) is 0 Å². The van der Waals surface area contributed by atoms with Crippen molar-refractivity contribution < 1.29 is 0 Å². The molecular weight excluding hydrogens is 224 g/mol. The van der Waals surface area contributed by atoms with Crippen molar-refractivity contribution in [3.8, 4) is 0 Å². The smallest absolute Gasteiger partial charge is 0.0534 e. The molecule has 18 heavy (non-hydrogen) atoms. The van der Waals surface area contributed by atoms with Crippen LogP contribution in [0.25, 0.3) is 0 Å². The van der Waals surface area contributed by atoms with Crippen LogP contribution in [0.2, 0.25) is 0 Å². The predicted octanol–water partition coefficient (Wildman–Crippen LogP) is 1.87. The van der Waals surface area contributed by atoms with E-state index in [4.69, 9.17) is 0 Å². The van der Waals surface area contributed by atoms with Crippen LogP contribution >= 0.6 is 0 Å². The van der Waals surface area contributed by atoms with Crippen molar-refractivity contribution in [3.63, 3.8) is 0 Å². The highest BCUT2D eigenvalue weighted by atomic mass is 15.2. The van der Waals surface area contributed by atoms with Crippen molar-refractivity contribution in [3.05, 3.63) is 18.0 Å². The quantitative estimate of drug-likeness (QED) is 0.804. The van der Waals surface area contributed by atoms with E-state index in [0.717, 1.165) is 13.1 Å². The fourth-order valence-electron chi connectivity index (χ4n) is 2.01. The van der Waals surface area contributed by atoms with Crippen molar-refractivity contribution in [2.45, 2.75) is 46.3 Å². The van der Waals surface area contributed by atoms with Gasteiger partial charge in [-0.25, -0.2) is 0 Å². The van der Waals surface area contributed by atoms with E-state index in [2.05, 4.69) is 56.3 Å². The van der Waals surface area contributed by atoms with Crippen LogP contribution in [0.5, 0.6) is 0 Å². The van der Waals surface area contributed by atoms with Crippen LogP contribution < -0.4 is 5.32 Å². The van der Waals surface area contributed by atoms with Crippen molar-refractivity contribution in [2.75, 3.05) is 13.6 Å². The largest absolute Gasteiger partial charge is 0.314 e. The van der Waals surface area contributed by atoms with E-state index in [-0.39, 0.29) is 0 Å². The third-order valence-electron chi connectivity index (χ3n) is 3.56. The van der Waals surface area contributed by atoms with Gasteiger partial charge < -0.3 is 5.32 Å². The Kier molecular flexibility index (Phi) is 5.82. The molecule has 0 aliphatic heterocycles. The molecule has 0 aromatic carbocycles. The lowest BCUT2D eigenvalue weighted by Crippen LogP contribution is -2.40. The van der Waals surface area contributed by atoms with Gasteiger partial charge in [-0.15, -0.1) is 0 Å². The number of aryl methyl sites for hydroxylation is 1. The van der Waals surface area contributed by atoms with Crippen LogP contribution in [0.15, 0.2) is 12.4 Å². The molecule has 0 radical (unpaired) electrons. The number of nitrogens with zero attached hydrogens (tertiary/aromatic N) is 3. The normalized spacial score (nSPS) is 15.3. The highest BCUT2D eigenvalue weighted by Crippen LogP contribution is 2.12. The van der Waals surface area contributed by atoms with E-state index in [1.807, 2.05) is 17.9 Å². The molecule has 0 fully saturated rings. The zero-order valence-corrected chi connectivity index (χ0v) is 12.6. The van der Waals surface area contributed by atoms with Crippen molar-refractivity contribution in [2.24, 2.45) is 13.0 Å². The molecule has 2 unspecified atom stereocenters. The molecule has 1 N–H and O–H groups in total. The lowest BCUT2D eigenvalue weighted by atomic mass is 10.0. The van der Waals surface area contributed by atoms with E-state index >= 15 is 0 Å². The molecule has 1 heterocycles. The second kappa shape index (κ2) is 6.90. The number of nitrogens with one attached hydrogen (secondary N) is 1. The molecule has 1 aromatic rings. The minimum atomic E-state index is 0.552. The summed E-state index contributed by atoms with van der Waals surface area (Å²) in [6, 6.07) is 1.11. The molecule has 1 rings (SSSR count). The van der Waals surface area contributed by atoms with E-state index in [9.17, 15) is 0 Å². The van der Waals surface area contributed by atoms with Crippen LogP contribution in [-0.2, 0) is 13.6 Å². The van der Waals surface area contributed by atoms with E-state index in [0.29, 0.717) is 18.0 Å². The minimum absolute atomic E-state index is 0.552. The Bertz CT molecular complexity index is 345. The van der Waals surface area contributed by atoms with Gasteiger partial charge in [0.2, 0.25) is 0 Å². The first-order chi connectivity index (χ1) is 8.40. The molecular formula is C14H28N4. The lowest BCUT2D eigenvalue weighted by Gasteiger charge is -2.30. The summed E-state index contributed by atoms with van der Waals surface area (Å²) in [5.74, 6) is 0.633. The van der Waals surface area contributed by atoms with Crippen molar-refractivity contribution in [1.82, 2.24) is 20.0 Å². The first kappa shape index (κ1) is 15.2. The molecule has 1 aromatic heterocycles. The number of hydrogen-bond donors (Lipinski definition) is 1. The molecule has 4 heteroatoms. The molecule has 0 aliphatic carbocycles. The van der Waals surface area contributed by atoms with Crippen LogP contribution in [0.1, 0.15) is 33.3 Å². The summed E-state index contributed by atoms with van der Waals surface area (Å²) < 4.78 is 1.86. The first-order valence-electron chi connectivity index (χ1n) is 6.81. The summed E-state index contributed by atoms with van der Waals surface area (Å²) in [7, 11) is 4.14. The van der Waals surface area contributed by atoms with Gasteiger partial charge in [0, 0.05) is 37.4 Å². The average Bonchev–Trinajstić information content (AvgIpc) is 2.70. The van der Waals surface area contributed by atoms with Gasteiger partial charge in [-0.05, 0) is 26.4 Å². The molecule has 0 aliphatic rings. The summed E-state index contributed by atoms with van der Waals surface area (Å²) >= 11 is 0. The van der Waals surface area contributed by atoms with Gasteiger partial charge in [0.1, 0.15) is 0 Å². The molecule has 0 saturated carbocycles. The van der Waals surface area contributed by atoms with Gasteiger partial charge in [-0.2, -0.15) is 5.10 Å². The van der Waals surface area contributed by atoms with Crippen LogP contribution in [-0.4, -0.2) is 40.4 Å². The zero-order valence-electron chi connectivity index (χ0n) is 12.6. The van der Waals surface area contributed by atoms with Crippen LogP contribution in [0.4, 0.5) is 0 Å². The average molecular weight is 252 g/mol. The molecule has 0 bridgehead atoms. The number of hydrogen-bond acceptors (Lipinski definition) is 3. The summed E-state index contributed by atoms with van der Waals surface area (Å²) in [5.41, 5.74) is 1.27. The van der Waals surface area contributed by atoms with E-state index < -0.39 is 0 Å². The van der Waals surface area contributed by atoms with Crippen LogP contribution in [0, 0.1) is 5.92 Å². The van der Waals surface area contributed by atoms with Crippen molar-refractivity contribution in [1.29, 1.82) is 0 Å². The molecule has 0 saturated heterocycles. The van der Waals surface area contributed by atoms with Gasteiger partial charge in [-0.1, -0.05) is 20.8 Å². The Hall–Kier alpha value is -0.870. The Morgan fingerprint density at radius 2 is 2.00 bits per heavy atom. The van der Waals surface area contributed by atoms with E-state index in [1.54, 1.807) is 0 Å². The Morgan fingerprint density at radius 1 is 1.33 bits per heavy atom. The highest BCUT2D eigenvalue weighted by Gasteiger charge is 2.17. The summed E-state index contributed by atoms with van der Waals surface area (Å²) in [4.78, 5) is 2.39. The topological polar surface area (TPSA) is 33.1 Å². The maximum Gasteiger partial charge on any atom is 0.0534 e. The first-order valence-corrected chi connectivity index (χ1v) is 6.81. The maximum absolute atomic E-state index is 4.21. The molecule has 0 spiro atoms. The second-order valence-electron chi connectivity index (χ2n) is 5.72. The third kappa shape index (κ3) is 4.78. The Morgan fingerprint density at radius 3 is 2.50 bits per heavy atom. The fourth-order valence-corrected chi connectivity index (χ4v) is 2.01. The van der Waals surface area contributed by atoms with Gasteiger partial charge in [0.25, 0.3) is 0 Å². The number of rotatable bonds is 7. The summed E-state index contributed by atoms with van der Waals surface area (Å²) in [6.45, 7) is 11.0. The lowest BCUT2D eigenvalue weighted by molar-refractivity contribution is 0.187. The second-order valence-corrected chi connectivity index (χ2v) is 5.72. The van der Waals surface area contributed by atoms with Crippen LogP contribution in [0.3, 0.4) is 0 Å². The fraction of sp³-hybridized carbons (Fsp3) is 0.786. The van der Waals surface area contributed by atoms with Gasteiger partial charge >= 0.3 is 0 Å².